The molecule has 1 aromatic rings. The highest BCUT2D eigenvalue weighted by Crippen LogP contribution is 2.47. The Kier molecular flexibility index (Phi) is 4.17. The SMILES string of the molecule is COCC(N)C(=O)NCC1(c2cccc(F)c2)CC1. The smallest absolute Gasteiger partial charge is 0.239 e. The van der Waals surface area contributed by atoms with Gasteiger partial charge in [0.05, 0.1) is 6.61 Å². The van der Waals surface area contributed by atoms with Crippen LogP contribution in [0, 0.1) is 5.82 Å². The average Bonchev–Trinajstić information content (AvgIpc) is 3.17. The van der Waals surface area contributed by atoms with Crippen LogP contribution < -0.4 is 11.1 Å². The summed E-state index contributed by atoms with van der Waals surface area (Å²) in [5, 5.41) is 2.82. The van der Waals surface area contributed by atoms with Crippen LogP contribution in [0.2, 0.25) is 0 Å². The number of nitrogens with one attached hydrogen (secondary N) is 1. The average molecular weight is 266 g/mol. The van der Waals surface area contributed by atoms with Gasteiger partial charge < -0.3 is 15.8 Å². The maximum atomic E-state index is 13.2. The number of hydrogen-bond donors (Lipinski definition) is 2. The lowest BCUT2D eigenvalue weighted by atomic mass is 9.96. The minimum Gasteiger partial charge on any atom is -0.383 e. The third kappa shape index (κ3) is 3.30. The van der Waals surface area contributed by atoms with Gasteiger partial charge in [0.25, 0.3) is 0 Å². The second-order valence-electron chi connectivity index (χ2n) is 5.07. The fourth-order valence-corrected chi connectivity index (χ4v) is 2.18. The van der Waals surface area contributed by atoms with Crippen molar-refractivity contribution in [2.24, 2.45) is 5.73 Å². The van der Waals surface area contributed by atoms with Crippen molar-refractivity contribution in [1.82, 2.24) is 5.32 Å². The Balaban J connectivity index is 1.94. The van der Waals surface area contributed by atoms with Crippen molar-refractivity contribution < 1.29 is 13.9 Å². The van der Waals surface area contributed by atoms with E-state index in [0.717, 1.165) is 18.4 Å². The van der Waals surface area contributed by atoms with Crippen LogP contribution in [0.1, 0.15) is 18.4 Å². The summed E-state index contributed by atoms with van der Waals surface area (Å²) in [4.78, 5) is 11.7. The van der Waals surface area contributed by atoms with Crippen LogP contribution in [0.15, 0.2) is 24.3 Å². The molecule has 3 N–H and O–H groups in total. The van der Waals surface area contributed by atoms with E-state index in [1.165, 1.54) is 19.2 Å². The van der Waals surface area contributed by atoms with Crippen molar-refractivity contribution >= 4 is 5.91 Å². The Hall–Kier alpha value is -1.46. The highest BCUT2D eigenvalue weighted by Gasteiger charge is 2.44. The lowest BCUT2D eigenvalue weighted by Gasteiger charge is -2.18. The van der Waals surface area contributed by atoms with Crippen molar-refractivity contribution in [2.45, 2.75) is 24.3 Å². The number of methoxy groups -OCH3 is 1. The van der Waals surface area contributed by atoms with E-state index >= 15 is 0 Å². The van der Waals surface area contributed by atoms with Crippen molar-refractivity contribution in [3.63, 3.8) is 0 Å². The van der Waals surface area contributed by atoms with Gasteiger partial charge in [0.1, 0.15) is 11.9 Å². The summed E-state index contributed by atoms with van der Waals surface area (Å²) in [6, 6.07) is 5.90. The zero-order chi connectivity index (χ0) is 13.9. The quantitative estimate of drug-likeness (QED) is 0.805. The predicted octanol–water partition coefficient (Wildman–Crippen LogP) is 0.947. The Morgan fingerprint density at radius 2 is 2.32 bits per heavy atom. The maximum Gasteiger partial charge on any atom is 0.239 e. The van der Waals surface area contributed by atoms with Crippen LogP contribution in [0.4, 0.5) is 4.39 Å². The first kappa shape index (κ1) is 14.0. The fraction of sp³-hybridized carbons (Fsp3) is 0.500. The molecule has 19 heavy (non-hydrogen) atoms. The molecule has 4 nitrogen and oxygen atoms in total. The zero-order valence-corrected chi connectivity index (χ0v) is 11.0. The van der Waals surface area contributed by atoms with Crippen LogP contribution in [0.25, 0.3) is 0 Å². The van der Waals surface area contributed by atoms with Crippen LogP contribution in [0.5, 0.6) is 0 Å². The summed E-state index contributed by atoms with van der Waals surface area (Å²) in [6.45, 7) is 0.686. The number of benzene rings is 1. The molecule has 0 saturated heterocycles. The molecule has 1 saturated carbocycles. The van der Waals surface area contributed by atoms with Crippen LogP contribution in [0.3, 0.4) is 0 Å². The molecule has 1 atom stereocenters. The summed E-state index contributed by atoms with van der Waals surface area (Å²) in [6.07, 6.45) is 1.91. The first-order valence-electron chi connectivity index (χ1n) is 6.36. The Morgan fingerprint density at radius 1 is 1.58 bits per heavy atom. The molecule has 1 aliphatic carbocycles. The van der Waals surface area contributed by atoms with E-state index in [2.05, 4.69) is 5.32 Å². The summed E-state index contributed by atoms with van der Waals surface area (Å²) in [5.74, 6) is -0.476. The van der Waals surface area contributed by atoms with Gasteiger partial charge in [-0.15, -0.1) is 0 Å². The van der Waals surface area contributed by atoms with E-state index in [1.807, 2.05) is 6.07 Å². The van der Waals surface area contributed by atoms with Crippen molar-refractivity contribution in [3.05, 3.63) is 35.6 Å². The van der Waals surface area contributed by atoms with Crippen LogP contribution >= 0.6 is 0 Å². The fourth-order valence-electron chi connectivity index (χ4n) is 2.18. The van der Waals surface area contributed by atoms with Gasteiger partial charge in [-0.2, -0.15) is 0 Å². The maximum absolute atomic E-state index is 13.2. The molecular formula is C14H19FN2O2. The van der Waals surface area contributed by atoms with E-state index < -0.39 is 6.04 Å². The topological polar surface area (TPSA) is 64.3 Å². The highest BCUT2D eigenvalue weighted by atomic mass is 19.1. The van der Waals surface area contributed by atoms with E-state index in [1.54, 1.807) is 6.07 Å². The summed E-state index contributed by atoms with van der Waals surface area (Å²) in [5.41, 5.74) is 6.46. The number of hydrogen-bond acceptors (Lipinski definition) is 3. The number of carbonyl (C=O) groups excluding carboxylic acids is 1. The molecule has 1 aliphatic rings. The van der Waals surface area contributed by atoms with Gasteiger partial charge in [-0.05, 0) is 30.5 Å². The molecule has 0 heterocycles. The zero-order valence-electron chi connectivity index (χ0n) is 11.0. The molecule has 1 aromatic carbocycles. The van der Waals surface area contributed by atoms with Gasteiger partial charge in [0, 0.05) is 19.1 Å². The highest BCUT2D eigenvalue weighted by molar-refractivity contribution is 5.81. The Bertz CT molecular complexity index is 461. The van der Waals surface area contributed by atoms with Gasteiger partial charge in [0.2, 0.25) is 5.91 Å². The molecule has 0 aromatic heterocycles. The molecular weight excluding hydrogens is 247 g/mol. The minimum atomic E-state index is -0.659. The first-order valence-corrected chi connectivity index (χ1v) is 6.36. The predicted molar refractivity (Wildman–Crippen MR) is 70.2 cm³/mol. The second kappa shape index (κ2) is 5.67. The van der Waals surface area contributed by atoms with Gasteiger partial charge in [-0.1, -0.05) is 12.1 Å². The Labute approximate surface area is 112 Å². The molecule has 1 amide bonds. The van der Waals surface area contributed by atoms with Crippen molar-refractivity contribution in [1.29, 1.82) is 0 Å². The van der Waals surface area contributed by atoms with Gasteiger partial charge in [0.15, 0.2) is 0 Å². The van der Waals surface area contributed by atoms with E-state index in [0.29, 0.717) is 6.54 Å². The standard InChI is InChI=1S/C14H19FN2O2/c1-19-8-12(16)13(18)17-9-14(5-6-14)10-3-2-4-11(15)7-10/h2-4,7,12H,5-6,8-9,16H2,1H3,(H,17,18). The monoisotopic (exact) mass is 266 g/mol. The molecule has 0 radical (unpaired) electrons. The number of amides is 1. The number of nitrogens with two attached hydrogens (primary N) is 1. The number of rotatable bonds is 6. The summed E-state index contributed by atoms with van der Waals surface area (Å²) in [7, 11) is 1.50. The third-order valence-corrected chi connectivity index (χ3v) is 3.57. The van der Waals surface area contributed by atoms with Gasteiger partial charge >= 0.3 is 0 Å². The van der Waals surface area contributed by atoms with E-state index in [4.69, 9.17) is 10.5 Å². The number of halogens is 1. The molecule has 5 heteroatoms. The molecule has 0 spiro atoms. The van der Waals surface area contributed by atoms with Crippen LogP contribution in [-0.2, 0) is 14.9 Å². The lowest BCUT2D eigenvalue weighted by molar-refractivity contribution is -0.123. The summed E-state index contributed by atoms with van der Waals surface area (Å²) < 4.78 is 18.1. The minimum absolute atomic E-state index is 0.120. The number of carbonyl (C=O) groups is 1. The van der Waals surface area contributed by atoms with Crippen molar-refractivity contribution in [2.75, 3.05) is 20.3 Å². The molecule has 104 valence electrons. The summed E-state index contributed by atoms with van der Waals surface area (Å²) >= 11 is 0. The molecule has 0 aliphatic heterocycles. The third-order valence-electron chi connectivity index (χ3n) is 3.57. The van der Waals surface area contributed by atoms with Crippen molar-refractivity contribution in [3.8, 4) is 0 Å². The first-order chi connectivity index (χ1) is 9.07. The molecule has 2 rings (SSSR count). The molecule has 1 unspecified atom stereocenters. The normalized spacial score (nSPS) is 17.8. The van der Waals surface area contributed by atoms with E-state index in [-0.39, 0.29) is 23.7 Å². The lowest BCUT2D eigenvalue weighted by Crippen LogP contribution is -2.45. The largest absolute Gasteiger partial charge is 0.383 e. The Morgan fingerprint density at radius 3 is 2.89 bits per heavy atom. The second-order valence-corrected chi connectivity index (χ2v) is 5.07. The number of ether oxygens (including phenoxy) is 1. The molecule has 1 fully saturated rings. The molecule has 0 bridgehead atoms. The van der Waals surface area contributed by atoms with Crippen LogP contribution in [-0.4, -0.2) is 32.2 Å². The van der Waals surface area contributed by atoms with Gasteiger partial charge in [-0.3, -0.25) is 4.79 Å². The van der Waals surface area contributed by atoms with E-state index in [9.17, 15) is 9.18 Å². The van der Waals surface area contributed by atoms with Gasteiger partial charge in [-0.25, -0.2) is 4.39 Å².